The van der Waals surface area contributed by atoms with E-state index in [0.717, 1.165) is 23.5 Å². The maximum absolute atomic E-state index is 2.42. The fourth-order valence-corrected chi connectivity index (χ4v) is 8.24. The van der Waals surface area contributed by atoms with Gasteiger partial charge in [-0.25, -0.2) is 0 Å². The summed E-state index contributed by atoms with van der Waals surface area (Å²) in [5.41, 5.74) is 11.9. The van der Waals surface area contributed by atoms with E-state index in [2.05, 4.69) is 202 Å². The lowest BCUT2D eigenvalue weighted by Crippen LogP contribution is -1.97. The van der Waals surface area contributed by atoms with Crippen LogP contribution in [0.15, 0.2) is 170 Å². The molecule has 244 valence electrons. The van der Waals surface area contributed by atoms with Crippen molar-refractivity contribution in [2.45, 2.75) is 20.3 Å². The number of rotatable bonds is 6. The van der Waals surface area contributed by atoms with E-state index in [0.29, 0.717) is 0 Å². The van der Waals surface area contributed by atoms with Gasteiger partial charge in [-0.1, -0.05) is 85.8 Å². The molecule has 0 unspecified atom stereocenters. The first kappa shape index (κ1) is 29.4. The normalized spacial score (nSPS) is 12.6. The van der Waals surface area contributed by atoms with Crippen molar-refractivity contribution in [3.8, 4) is 17.1 Å². The van der Waals surface area contributed by atoms with Crippen molar-refractivity contribution in [3.63, 3.8) is 0 Å². The molecule has 0 aliphatic rings. The molecule has 0 aliphatic carbocycles. The van der Waals surface area contributed by atoms with E-state index in [9.17, 15) is 0 Å². The molecule has 0 radical (unpaired) electrons. The molecule has 0 atom stereocenters. The Kier molecular flexibility index (Phi) is 6.65. The molecule has 0 saturated carbocycles. The van der Waals surface area contributed by atoms with Gasteiger partial charge < -0.3 is 18.3 Å². The average molecular weight is 657 g/mol. The summed E-state index contributed by atoms with van der Waals surface area (Å²) in [6, 6.07) is 50.9. The van der Waals surface area contributed by atoms with Crippen molar-refractivity contribution >= 4 is 71.1 Å². The highest BCUT2D eigenvalue weighted by molar-refractivity contribution is 6.22. The van der Waals surface area contributed by atoms with Crippen molar-refractivity contribution in [2.24, 2.45) is 0 Å². The van der Waals surface area contributed by atoms with Crippen molar-refractivity contribution in [3.05, 3.63) is 170 Å². The second-order valence-electron chi connectivity index (χ2n) is 13.2. The summed E-state index contributed by atoms with van der Waals surface area (Å²) in [6.07, 6.45) is 12.1. The molecule has 10 aromatic rings. The number of hydrogen-bond donors (Lipinski definition) is 0. The average Bonchev–Trinajstić information content (AvgIpc) is 3.96. The van der Waals surface area contributed by atoms with E-state index in [1.54, 1.807) is 0 Å². The zero-order valence-electron chi connectivity index (χ0n) is 28.7. The molecule has 10 rings (SSSR count). The minimum atomic E-state index is 1.00. The second kappa shape index (κ2) is 11.5. The van der Waals surface area contributed by atoms with Crippen LogP contribution in [-0.2, 0) is 0 Å². The first-order valence-corrected chi connectivity index (χ1v) is 17.8. The third-order valence-corrected chi connectivity index (χ3v) is 10.5. The number of allylic oxidation sites excluding steroid dienone is 4. The number of benzene rings is 6. The Bertz CT molecular complexity index is 2990. The molecule has 0 aliphatic heterocycles. The van der Waals surface area contributed by atoms with Crippen LogP contribution in [0.5, 0.6) is 0 Å². The smallest absolute Gasteiger partial charge is 0.0628 e. The van der Waals surface area contributed by atoms with Crippen molar-refractivity contribution in [1.82, 2.24) is 18.3 Å². The van der Waals surface area contributed by atoms with E-state index < -0.39 is 0 Å². The van der Waals surface area contributed by atoms with Crippen molar-refractivity contribution < 1.29 is 0 Å². The van der Waals surface area contributed by atoms with Crippen LogP contribution in [0.4, 0.5) is 0 Å². The Labute approximate surface area is 296 Å². The topological polar surface area (TPSA) is 19.7 Å². The molecule has 0 bridgehead atoms. The SMILES string of the molecule is C/C=C(\C=C/CC)n1ccc2ccc3c(c4ccccc4n3-c3ccc(-n4c5ccccc5c5c6c(ccc54)ccn6-c4ccccc4)cc3)c21. The van der Waals surface area contributed by atoms with Crippen LogP contribution < -0.4 is 0 Å². The van der Waals surface area contributed by atoms with Crippen LogP contribution in [0.2, 0.25) is 0 Å². The quantitative estimate of drug-likeness (QED) is 0.159. The number of para-hydroxylation sites is 3. The molecular formula is C47H36N4. The van der Waals surface area contributed by atoms with Gasteiger partial charge in [0.25, 0.3) is 0 Å². The van der Waals surface area contributed by atoms with Crippen LogP contribution in [0, 0.1) is 0 Å². The van der Waals surface area contributed by atoms with Crippen molar-refractivity contribution in [1.29, 1.82) is 0 Å². The van der Waals surface area contributed by atoms with Gasteiger partial charge in [0, 0.05) is 67.5 Å². The van der Waals surface area contributed by atoms with Gasteiger partial charge in [-0.05, 0) is 92.2 Å². The van der Waals surface area contributed by atoms with Gasteiger partial charge in [0.1, 0.15) is 0 Å². The van der Waals surface area contributed by atoms with E-state index in [1.165, 1.54) is 71.1 Å². The Balaban J connectivity index is 1.18. The minimum Gasteiger partial charge on any atom is -0.316 e. The predicted octanol–water partition coefficient (Wildman–Crippen LogP) is 12.6. The Hall–Kier alpha value is -6.52. The monoisotopic (exact) mass is 656 g/mol. The molecule has 6 aromatic carbocycles. The van der Waals surface area contributed by atoms with E-state index in [-0.39, 0.29) is 0 Å². The lowest BCUT2D eigenvalue weighted by molar-refractivity contribution is 1.13. The molecule has 4 heteroatoms. The summed E-state index contributed by atoms with van der Waals surface area (Å²) >= 11 is 0. The van der Waals surface area contributed by atoms with E-state index in [1.807, 2.05) is 0 Å². The number of aromatic nitrogens is 4. The zero-order chi connectivity index (χ0) is 34.1. The van der Waals surface area contributed by atoms with Crippen LogP contribution in [0.1, 0.15) is 20.3 Å². The summed E-state index contributed by atoms with van der Waals surface area (Å²) in [4.78, 5) is 0. The molecular weight excluding hydrogens is 621 g/mol. The van der Waals surface area contributed by atoms with Crippen LogP contribution in [0.25, 0.3) is 88.2 Å². The number of nitrogens with zero attached hydrogens (tertiary/aromatic N) is 4. The first-order valence-electron chi connectivity index (χ1n) is 17.8. The Morgan fingerprint density at radius 3 is 1.67 bits per heavy atom. The van der Waals surface area contributed by atoms with Crippen LogP contribution in [-0.4, -0.2) is 18.3 Å². The standard InChI is InChI=1S/C47H36N4/c1-3-5-13-34(4-2)48-30-28-32-20-26-42-44(46(32)48)38-16-9-11-18-40(38)50(42)36-22-24-37(25-23-36)51-41-19-12-10-17-39(41)45-43(51)27-21-33-29-31-49(47(33)45)35-14-7-6-8-15-35/h4-31H,3H2,1-2H3/b13-5-,34-4+. The highest BCUT2D eigenvalue weighted by Gasteiger charge is 2.20. The fourth-order valence-electron chi connectivity index (χ4n) is 8.24. The lowest BCUT2D eigenvalue weighted by Gasteiger charge is -2.12. The van der Waals surface area contributed by atoms with Gasteiger partial charge in [0.2, 0.25) is 0 Å². The first-order chi connectivity index (χ1) is 25.2. The van der Waals surface area contributed by atoms with Gasteiger partial charge in [-0.3, -0.25) is 0 Å². The maximum Gasteiger partial charge on any atom is 0.0628 e. The van der Waals surface area contributed by atoms with Crippen LogP contribution in [0.3, 0.4) is 0 Å². The molecule has 4 aromatic heterocycles. The molecule has 4 heterocycles. The Morgan fingerprint density at radius 2 is 1.06 bits per heavy atom. The van der Waals surface area contributed by atoms with Crippen LogP contribution >= 0.6 is 0 Å². The molecule has 0 saturated heterocycles. The highest BCUT2D eigenvalue weighted by Crippen LogP contribution is 2.40. The van der Waals surface area contributed by atoms with Gasteiger partial charge in [0.15, 0.2) is 0 Å². The molecule has 4 nitrogen and oxygen atoms in total. The van der Waals surface area contributed by atoms with E-state index >= 15 is 0 Å². The lowest BCUT2D eigenvalue weighted by atomic mass is 10.1. The fraction of sp³-hybridized carbons (Fsp3) is 0.0638. The van der Waals surface area contributed by atoms with E-state index in [4.69, 9.17) is 0 Å². The summed E-state index contributed by atoms with van der Waals surface area (Å²) < 4.78 is 9.51. The second-order valence-corrected chi connectivity index (χ2v) is 13.2. The Morgan fingerprint density at radius 1 is 0.510 bits per heavy atom. The summed E-state index contributed by atoms with van der Waals surface area (Å²) in [7, 11) is 0. The van der Waals surface area contributed by atoms with Crippen molar-refractivity contribution in [2.75, 3.05) is 0 Å². The molecule has 0 amide bonds. The molecule has 0 spiro atoms. The summed E-state index contributed by atoms with van der Waals surface area (Å²) in [5, 5.41) is 7.52. The minimum absolute atomic E-state index is 1.00. The summed E-state index contributed by atoms with van der Waals surface area (Å²) in [6.45, 7) is 4.30. The number of fused-ring (bicyclic) bond motifs is 10. The van der Waals surface area contributed by atoms with Gasteiger partial charge in [-0.2, -0.15) is 0 Å². The molecule has 51 heavy (non-hydrogen) atoms. The molecule has 0 fully saturated rings. The third-order valence-electron chi connectivity index (χ3n) is 10.5. The van der Waals surface area contributed by atoms with Gasteiger partial charge in [0.05, 0.1) is 33.1 Å². The van der Waals surface area contributed by atoms with Gasteiger partial charge in [-0.15, -0.1) is 0 Å². The number of hydrogen-bond acceptors (Lipinski definition) is 0. The largest absolute Gasteiger partial charge is 0.316 e. The zero-order valence-corrected chi connectivity index (χ0v) is 28.7. The summed E-state index contributed by atoms with van der Waals surface area (Å²) in [5.74, 6) is 0. The highest BCUT2D eigenvalue weighted by atomic mass is 15.0. The molecule has 0 N–H and O–H groups in total. The maximum atomic E-state index is 2.42. The predicted molar refractivity (Wildman–Crippen MR) is 217 cm³/mol. The van der Waals surface area contributed by atoms with Gasteiger partial charge >= 0.3 is 0 Å². The third kappa shape index (κ3) is 4.33.